The van der Waals surface area contributed by atoms with Crippen LogP contribution in [0.4, 0.5) is 23.4 Å². The molecule has 0 atom stereocenters. The summed E-state index contributed by atoms with van der Waals surface area (Å²) in [5.74, 6) is -1.21. The molecule has 210 valence electrons. The third-order valence-corrected chi connectivity index (χ3v) is 6.92. The highest BCUT2D eigenvalue weighted by Gasteiger charge is 2.66. The summed E-state index contributed by atoms with van der Waals surface area (Å²) in [6, 6.07) is 5.42. The molecule has 0 spiro atoms. The molecule has 4 aromatic rings. The third-order valence-electron chi connectivity index (χ3n) is 6.92. The number of hydrogen-bond donors (Lipinski definition) is 2. The summed E-state index contributed by atoms with van der Waals surface area (Å²) in [5, 5.41) is 19.5. The minimum Gasteiger partial charge on any atom is -0.394 e. The highest BCUT2D eigenvalue weighted by molar-refractivity contribution is 5.91. The van der Waals surface area contributed by atoms with Crippen LogP contribution in [0, 0.1) is 5.82 Å². The van der Waals surface area contributed by atoms with Crippen LogP contribution in [-0.2, 0) is 36.0 Å². The minimum atomic E-state index is -4.46. The van der Waals surface area contributed by atoms with Gasteiger partial charge in [0.15, 0.2) is 11.6 Å². The molecule has 9 nitrogen and oxygen atoms in total. The Balaban J connectivity index is 1.21. The Bertz CT molecular complexity index is 1510. The molecule has 1 fully saturated rings. The highest BCUT2D eigenvalue weighted by atomic mass is 19.4. The Labute approximate surface area is 226 Å². The van der Waals surface area contributed by atoms with Crippen LogP contribution in [0.1, 0.15) is 48.2 Å². The number of aryl methyl sites for hydroxylation is 1. The minimum absolute atomic E-state index is 0.0101. The van der Waals surface area contributed by atoms with Crippen molar-refractivity contribution in [3.8, 4) is 11.1 Å². The van der Waals surface area contributed by atoms with Gasteiger partial charge in [0.1, 0.15) is 17.1 Å². The number of anilines is 1. The average molecular weight is 559 g/mol. The summed E-state index contributed by atoms with van der Waals surface area (Å²) in [4.78, 5) is 21.2. The van der Waals surface area contributed by atoms with Crippen LogP contribution >= 0.6 is 0 Å². The number of amides is 1. The van der Waals surface area contributed by atoms with Crippen molar-refractivity contribution < 1.29 is 32.0 Å². The monoisotopic (exact) mass is 558 g/mol. The van der Waals surface area contributed by atoms with E-state index in [1.807, 2.05) is 13.1 Å². The zero-order valence-corrected chi connectivity index (χ0v) is 21.5. The van der Waals surface area contributed by atoms with Gasteiger partial charge in [-0.2, -0.15) is 18.3 Å². The quantitative estimate of drug-likeness (QED) is 0.277. The van der Waals surface area contributed by atoms with Crippen LogP contribution in [0.25, 0.3) is 11.1 Å². The van der Waals surface area contributed by atoms with Gasteiger partial charge in [0, 0.05) is 42.2 Å². The lowest BCUT2D eigenvalue weighted by Crippen LogP contribution is -2.28. The second kappa shape index (κ2) is 10.8. The Morgan fingerprint density at radius 1 is 1.15 bits per heavy atom. The Kier molecular flexibility index (Phi) is 7.41. The van der Waals surface area contributed by atoms with Crippen molar-refractivity contribution in [2.24, 2.45) is 0 Å². The Morgan fingerprint density at radius 2 is 1.90 bits per heavy atom. The maximum atomic E-state index is 14.8. The SMILES string of the molecule is CCc1nn(CCO)cc1Cc1ncc(-c2ccc(CC(=O)Nc3cc(C4(C(F)(F)F)CC4)on3)c(F)c2)cn1. The first-order valence-corrected chi connectivity index (χ1v) is 12.7. The molecule has 0 aliphatic heterocycles. The topological polar surface area (TPSA) is 119 Å². The molecule has 0 unspecified atom stereocenters. The summed E-state index contributed by atoms with van der Waals surface area (Å²) in [6.45, 7) is 2.39. The average Bonchev–Trinajstić information content (AvgIpc) is 3.48. The standard InChI is InChI=1S/C27H26F4N6O3/c1-2-21-18(15-37(35-21)7-8-38)10-23-32-13-19(14-33-23)16-3-4-17(20(28)9-16)11-25(39)34-24-12-22(40-36-24)26(5-6-26)27(29,30)31/h3-4,9,12-15,38H,2,5-8,10-11H2,1H3,(H,34,36,39). The fourth-order valence-electron chi connectivity index (χ4n) is 4.51. The second-order valence-electron chi connectivity index (χ2n) is 9.69. The van der Waals surface area contributed by atoms with Crippen LogP contribution in [-0.4, -0.2) is 48.7 Å². The van der Waals surface area contributed by atoms with Crippen LogP contribution < -0.4 is 5.32 Å². The van der Waals surface area contributed by atoms with E-state index in [-0.39, 0.29) is 43.0 Å². The molecule has 0 saturated heterocycles. The van der Waals surface area contributed by atoms with E-state index < -0.39 is 23.3 Å². The first kappa shape index (κ1) is 27.4. The van der Waals surface area contributed by atoms with E-state index in [2.05, 4.69) is 25.5 Å². The number of hydrogen-bond acceptors (Lipinski definition) is 7. The fourth-order valence-corrected chi connectivity index (χ4v) is 4.51. The number of carbonyl (C=O) groups is 1. The van der Waals surface area contributed by atoms with Gasteiger partial charge in [0.2, 0.25) is 5.91 Å². The lowest BCUT2D eigenvalue weighted by molar-refractivity contribution is -0.165. The van der Waals surface area contributed by atoms with Crippen molar-refractivity contribution in [3.63, 3.8) is 0 Å². The van der Waals surface area contributed by atoms with Gasteiger partial charge in [0.25, 0.3) is 0 Å². The van der Waals surface area contributed by atoms with E-state index in [0.717, 1.165) is 23.7 Å². The number of alkyl halides is 3. The van der Waals surface area contributed by atoms with E-state index >= 15 is 0 Å². The van der Waals surface area contributed by atoms with Gasteiger partial charge < -0.3 is 14.9 Å². The van der Waals surface area contributed by atoms with Crippen LogP contribution in [0.5, 0.6) is 0 Å². The molecule has 3 aromatic heterocycles. The maximum Gasteiger partial charge on any atom is 0.401 e. The molecule has 13 heteroatoms. The molecule has 1 aliphatic carbocycles. The van der Waals surface area contributed by atoms with Crippen molar-refractivity contribution in [1.82, 2.24) is 24.9 Å². The van der Waals surface area contributed by atoms with E-state index in [0.29, 0.717) is 29.9 Å². The van der Waals surface area contributed by atoms with Crippen molar-refractivity contribution in [1.29, 1.82) is 0 Å². The highest BCUT2D eigenvalue weighted by Crippen LogP contribution is 2.59. The van der Waals surface area contributed by atoms with Gasteiger partial charge >= 0.3 is 6.18 Å². The summed E-state index contributed by atoms with van der Waals surface area (Å²) in [6.07, 6.45) is 1.22. The zero-order chi connectivity index (χ0) is 28.5. The molecule has 0 radical (unpaired) electrons. The lowest BCUT2D eigenvalue weighted by atomic mass is 10.0. The molecule has 1 saturated carbocycles. The fraction of sp³-hybridized carbons (Fsp3) is 0.370. The smallest absolute Gasteiger partial charge is 0.394 e. The summed E-state index contributed by atoms with van der Waals surface area (Å²) in [7, 11) is 0. The van der Waals surface area contributed by atoms with Gasteiger partial charge in [0.05, 0.1) is 25.3 Å². The molecule has 3 heterocycles. The largest absolute Gasteiger partial charge is 0.401 e. The number of aliphatic hydroxyl groups is 1. The molecule has 2 N–H and O–H groups in total. The molecular formula is C27H26F4N6O3. The van der Waals surface area contributed by atoms with E-state index in [9.17, 15) is 22.4 Å². The molecule has 1 aliphatic rings. The molecule has 40 heavy (non-hydrogen) atoms. The third kappa shape index (κ3) is 5.60. The number of nitrogens with zero attached hydrogens (tertiary/aromatic N) is 5. The van der Waals surface area contributed by atoms with Crippen molar-refractivity contribution in [2.75, 3.05) is 11.9 Å². The van der Waals surface area contributed by atoms with Crippen molar-refractivity contribution in [3.05, 3.63) is 77.1 Å². The van der Waals surface area contributed by atoms with Crippen LogP contribution in [0.15, 0.2) is 47.4 Å². The molecule has 0 bridgehead atoms. The number of aromatic nitrogens is 5. The maximum absolute atomic E-state index is 14.8. The predicted molar refractivity (Wildman–Crippen MR) is 135 cm³/mol. The molecular weight excluding hydrogens is 532 g/mol. The summed E-state index contributed by atoms with van der Waals surface area (Å²) < 4.78 is 61.2. The number of rotatable bonds is 10. The number of aliphatic hydroxyl groups excluding tert-OH is 1. The van der Waals surface area contributed by atoms with E-state index in [1.165, 1.54) is 12.1 Å². The normalized spacial score (nSPS) is 14.3. The van der Waals surface area contributed by atoms with E-state index in [4.69, 9.17) is 9.63 Å². The van der Waals surface area contributed by atoms with Gasteiger partial charge in [-0.05, 0) is 36.5 Å². The number of carbonyl (C=O) groups excluding carboxylic acids is 1. The molecule has 1 amide bonds. The summed E-state index contributed by atoms with van der Waals surface area (Å²) >= 11 is 0. The number of nitrogens with one attached hydrogen (secondary N) is 1. The first-order valence-electron chi connectivity index (χ1n) is 12.7. The van der Waals surface area contributed by atoms with Crippen molar-refractivity contribution in [2.45, 2.75) is 57.2 Å². The van der Waals surface area contributed by atoms with Crippen LogP contribution in [0.3, 0.4) is 0 Å². The Hall–Kier alpha value is -4.13. The zero-order valence-electron chi connectivity index (χ0n) is 21.5. The second-order valence-corrected chi connectivity index (χ2v) is 9.69. The first-order chi connectivity index (χ1) is 19.1. The summed E-state index contributed by atoms with van der Waals surface area (Å²) in [5.41, 5.74) is 1.02. The molecule has 5 rings (SSSR count). The van der Waals surface area contributed by atoms with Gasteiger partial charge in [-0.25, -0.2) is 14.4 Å². The lowest BCUT2D eigenvalue weighted by Gasteiger charge is -2.14. The van der Waals surface area contributed by atoms with Gasteiger partial charge in [-0.15, -0.1) is 0 Å². The van der Waals surface area contributed by atoms with Gasteiger partial charge in [-0.1, -0.05) is 24.2 Å². The van der Waals surface area contributed by atoms with Crippen molar-refractivity contribution >= 4 is 11.7 Å². The predicted octanol–water partition coefficient (Wildman–Crippen LogP) is 4.39. The van der Waals surface area contributed by atoms with Gasteiger partial charge in [-0.3, -0.25) is 9.48 Å². The molecule has 1 aromatic carbocycles. The Morgan fingerprint density at radius 3 is 2.52 bits per heavy atom. The number of halogens is 4. The number of benzene rings is 1. The van der Waals surface area contributed by atoms with Crippen LogP contribution in [0.2, 0.25) is 0 Å². The van der Waals surface area contributed by atoms with E-state index in [1.54, 1.807) is 23.1 Å².